The van der Waals surface area contributed by atoms with E-state index in [0.29, 0.717) is 11.5 Å². The zero-order chi connectivity index (χ0) is 17.7. The zero-order valence-corrected chi connectivity index (χ0v) is 14.6. The van der Waals surface area contributed by atoms with Crippen molar-refractivity contribution < 1.29 is 22.3 Å². The number of hydrogen-bond acceptors (Lipinski definition) is 4. The largest absolute Gasteiger partial charge is 0.493 e. The highest BCUT2D eigenvalue weighted by Gasteiger charge is 2.23. The zero-order valence-electron chi connectivity index (χ0n) is 13.8. The Morgan fingerprint density at radius 1 is 1.00 bits per heavy atom. The van der Waals surface area contributed by atoms with Crippen LogP contribution in [0, 0.1) is 5.82 Å². The summed E-state index contributed by atoms with van der Waals surface area (Å²) in [6.07, 6.45) is 0. The molecule has 7 heteroatoms. The molecule has 0 aliphatic carbocycles. The lowest BCUT2D eigenvalue weighted by Crippen LogP contribution is -2.30. The van der Waals surface area contributed by atoms with Crippen molar-refractivity contribution in [1.29, 1.82) is 0 Å². The second-order valence-electron chi connectivity index (χ2n) is 5.07. The molecule has 0 aliphatic rings. The lowest BCUT2D eigenvalue weighted by molar-refractivity contribution is 0.353. The fourth-order valence-electron chi connectivity index (χ4n) is 2.30. The molecule has 5 nitrogen and oxygen atoms in total. The van der Waals surface area contributed by atoms with Gasteiger partial charge in [-0.15, -0.1) is 0 Å². The fourth-order valence-corrected chi connectivity index (χ4v) is 3.74. The minimum Gasteiger partial charge on any atom is -0.493 e. The molecule has 0 N–H and O–H groups in total. The maximum Gasteiger partial charge on any atom is 0.243 e. The Morgan fingerprint density at radius 2 is 1.62 bits per heavy atom. The predicted octanol–water partition coefficient (Wildman–Crippen LogP) is 3.05. The number of methoxy groups -OCH3 is 2. The molecule has 130 valence electrons. The molecule has 24 heavy (non-hydrogen) atoms. The number of halogens is 1. The maximum absolute atomic E-state index is 13.0. The van der Waals surface area contributed by atoms with E-state index in [1.807, 2.05) is 0 Å². The van der Waals surface area contributed by atoms with E-state index in [1.165, 1.54) is 30.7 Å². The SMILES string of the molecule is CCN(Cc1ccc(OC)c(OC)c1)S(=O)(=O)c1ccc(F)cc1. The van der Waals surface area contributed by atoms with Crippen LogP contribution < -0.4 is 9.47 Å². The molecular weight excluding hydrogens is 333 g/mol. The minimum atomic E-state index is -3.71. The fraction of sp³-hybridized carbons (Fsp3) is 0.294. The third kappa shape index (κ3) is 3.85. The Hall–Kier alpha value is -2.12. The number of ether oxygens (including phenoxy) is 2. The molecule has 0 saturated heterocycles. The van der Waals surface area contributed by atoms with Crippen LogP contribution >= 0.6 is 0 Å². The molecule has 2 rings (SSSR count). The van der Waals surface area contributed by atoms with Crippen LogP contribution in [0.2, 0.25) is 0 Å². The molecule has 0 aliphatic heterocycles. The Morgan fingerprint density at radius 3 is 2.17 bits per heavy atom. The van der Waals surface area contributed by atoms with E-state index in [1.54, 1.807) is 25.1 Å². The summed E-state index contributed by atoms with van der Waals surface area (Å²) in [5, 5.41) is 0. The Labute approximate surface area is 141 Å². The quantitative estimate of drug-likeness (QED) is 0.768. The van der Waals surface area contributed by atoms with Crippen LogP contribution in [0.5, 0.6) is 11.5 Å². The van der Waals surface area contributed by atoms with E-state index in [0.717, 1.165) is 17.7 Å². The van der Waals surface area contributed by atoms with Crippen LogP contribution in [0.15, 0.2) is 47.4 Å². The first-order valence-electron chi connectivity index (χ1n) is 7.39. The van der Waals surface area contributed by atoms with Crippen molar-refractivity contribution in [2.24, 2.45) is 0 Å². The summed E-state index contributed by atoms with van der Waals surface area (Å²) in [5.41, 5.74) is 0.764. The highest BCUT2D eigenvalue weighted by atomic mass is 32.2. The normalized spacial score (nSPS) is 11.5. The lowest BCUT2D eigenvalue weighted by Gasteiger charge is -2.21. The number of nitrogens with zero attached hydrogens (tertiary/aromatic N) is 1. The molecule has 2 aromatic carbocycles. The van der Waals surface area contributed by atoms with Crippen molar-refractivity contribution in [3.63, 3.8) is 0 Å². The van der Waals surface area contributed by atoms with Crippen LogP contribution in [-0.4, -0.2) is 33.5 Å². The highest BCUT2D eigenvalue weighted by Crippen LogP contribution is 2.29. The van der Waals surface area contributed by atoms with E-state index in [4.69, 9.17) is 9.47 Å². The van der Waals surface area contributed by atoms with Crippen molar-refractivity contribution in [1.82, 2.24) is 4.31 Å². The average Bonchev–Trinajstić information content (AvgIpc) is 2.59. The van der Waals surface area contributed by atoms with E-state index in [9.17, 15) is 12.8 Å². The topological polar surface area (TPSA) is 55.8 Å². The molecule has 0 saturated carbocycles. The van der Waals surface area contributed by atoms with E-state index in [-0.39, 0.29) is 18.0 Å². The van der Waals surface area contributed by atoms with E-state index < -0.39 is 15.8 Å². The molecule has 0 heterocycles. The molecule has 0 amide bonds. The third-order valence-corrected chi connectivity index (χ3v) is 5.55. The van der Waals surface area contributed by atoms with Gasteiger partial charge in [0.15, 0.2) is 11.5 Å². The van der Waals surface area contributed by atoms with Crippen LogP contribution in [-0.2, 0) is 16.6 Å². The van der Waals surface area contributed by atoms with Crippen molar-refractivity contribution in [2.45, 2.75) is 18.4 Å². The Balaban J connectivity index is 2.30. The van der Waals surface area contributed by atoms with Gasteiger partial charge in [0.25, 0.3) is 0 Å². The van der Waals surface area contributed by atoms with E-state index in [2.05, 4.69) is 0 Å². The summed E-state index contributed by atoms with van der Waals surface area (Å²) in [6, 6.07) is 10.1. The number of hydrogen-bond donors (Lipinski definition) is 0. The average molecular weight is 353 g/mol. The van der Waals surface area contributed by atoms with Crippen LogP contribution in [0.25, 0.3) is 0 Å². The first kappa shape index (κ1) is 18.2. The van der Waals surface area contributed by atoms with Crippen LogP contribution in [0.1, 0.15) is 12.5 Å². The standard InChI is InChI=1S/C17H20FNO4S/c1-4-19(24(20,21)15-8-6-14(18)7-9-15)12-13-5-10-16(22-2)17(11-13)23-3/h5-11H,4,12H2,1-3H3. The van der Waals surface area contributed by atoms with E-state index >= 15 is 0 Å². The number of benzene rings is 2. The van der Waals surface area contributed by atoms with Gasteiger partial charge in [-0.1, -0.05) is 13.0 Å². The molecular formula is C17H20FNO4S. The summed E-state index contributed by atoms with van der Waals surface area (Å²) in [4.78, 5) is 0.0613. The summed E-state index contributed by atoms with van der Waals surface area (Å²) >= 11 is 0. The van der Waals surface area contributed by atoms with Crippen molar-refractivity contribution in [3.05, 3.63) is 53.8 Å². The van der Waals surface area contributed by atoms with Gasteiger partial charge in [-0.3, -0.25) is 0 Å². The molecule has 0 spiro atoms. The second-order valence-corrected chi connectivity index (χ2v) is 7.01. The van der Waals surface area contributed by atoms with Crippen molar-refractivity contribution in [3.8, 4) is 11.5 Å². The predicted molar refractivity (Wildman–Crippen MR) is 89.2 cm³/mol. The first-order chi connectivity index (χ1) is 11.4. The highest BCUT2D eigenvalue weighted by molar-refractivity contribution is 7.89. The molecule has 0 bridgehead atoms. The van der Waals surface area contributed by atoms with Gasteiger partial charge in [0.2, 0.25) is 10.0 Å². The molecule has 0 aromatic heterocycles. The van der Waals surface area contributed by atoms with Crippen LogP contribution in [0.3, 0.4) is 0 Å². The maximum atomic E-state index is 13.0. The summed E-state index contributed by atoms with van der Waals surface area (Å²) in [5.74, 6) is 0.632. The Kier molecular flexibility index (Phi) is 5.80. The van der Waals surface area contributed by atoms with Gasteiger partial charge in [0, 0.05) is 13.1 Å². The van der Waals surface area contributed by atoms with Crippen molar-refractivity contribution in [2.75, 3.05) is 20.8 Å². The summed E-state index contributed by atoms with van der Waals surface area (Å²) in [6.45, 7) is 2.21. The summed E-state index contributed by atoms with van der Waals surface area (Å²) in [7, 11) is -0.648. The number of sulfonamides is 1. The van der Waals surface area contributed by atoms with Crippen LogP contribution in [0.4, 0.5) is 4.39 Å². The molecule has 0 fully saturated rings. The monoisotopic (exact) mass is 353 g/mol. The van der Waals surface area contributed by atoms with Gasteiger partial charge < -0.3 is 9.47 Å². The van der Waals surface area contributed by atoms with Crippen molar-refractivity contribution >= 4 is 10.0 Å². The summed E-state index contributed by atoms with van der Waals surface area (Å²) < 4.78 is 50.2. The van der Waals surface area contributed by atoms with Gasteiger partial charge in [0.05, 0.1) is 19.1 Å². The smallest absolute Gasteiger partial charge is 0.243 e. The molecule has 0 unspecified atom stereocenters. The molecule has 2 aromatic rings. The third-order valence-electron chi connectivity index (χ3n) is 3.61. The Bertz CT molecular complexity index is 791. The molecule has 0 atom stereocenters. The van der Waals surface area contributed by atoms with Gasteiger partial charge in [-0.2, -0.15) is 4.31 Å². The minimum absolute atomic E-state index is 0.0613. The van der Waals surface area contributed by atoms with Gasteiger partial charge in [-0.25, -0.2) is 12.8 Å². The van der Waals surface area contributed by atoms with Gasteiger partial charge in [-0.05, 0) is 42.0 Å². The van der Waals surface area contributed by atoms with Gasteiger partial charge >= 0.3 is 0 Å². The first-order valence-corrected chi connectivity index (χ1v) is 8.83. The number of rotatable bonds is 7. The lowest BCUT2D eigenvalue weighted by atomic mass is 10.2. The second kappa shape index (κ2) is 7.63. The molecule has 0 radical (unpaired) electrons. The van der Waals surface area contributed by atoms with Gasteiger partial charge in [0.1, 0.15) is 5.82 Å².